The highest BCUT2D eigenvalue weighted by atomic mass is 16.7. The minimum atomic E-state index is -0.502. The van der Waals surface area contributed by atoms with E-state index in [0.29, 0.717) is 46.1 Å². The Labute approximate surface area is 181 Å². The first-order chi connectivity index (χ1) is 14.6. The number of Topliss-reactive ketones (excluding diaryl/α,β-unsaturated/α-hetero) is 1. The summed E-state index contributed by atoms with van der Waals surface area (Å²) in [4.78, 5) is 40.2. The van der Waals surface area contributed by atoms with Gasteiger partial charge in [0.25, 0.3) is 5.91 Å². The van der Waals surface area contributed by atoms with Crippen molar-refractivity contribution in [3.8, 4) is 11.5 Å². The number of benzene rings is 1. The molecule has 1 aliphatic rings. The molecular weight excluding hydrogens is 400 g/mol. The van der Waals surface area contributed by atoms with Crippen LogP contribution in [0.2, 0.25) is 0 Å². The van der Waals surface area contributed by atoms with Gasteiger partial charge in [0.2, 0.25) is 6.79 Å². The Balaban J connectivity index is 1.90. The van der Waals surface area contributed by atoms with E-state index in [2.05, 4.69) is 0 Å². The van der Waals surface area contributed by atoms with Crippen LogP contribution in [-0.2, 0) is 11.8 Å². The summed E-state index contributed by atoms with van der Waals surface area (Å²) in [5.41, 5.74) is 2.41. The standard InChI is InChI=1S/C23H28N2O6/c1-13(2)10-25(22(27)16-7-8-18-19(9-16)31-12-30-18)11-17(26)20-14(3)21(23(28)29-6)24(5)15(20)4/h7-9,13H,10-12H2,1-6H3. The maximum atomic E-state index is 13.3. The molecule has 1 aliphatic heterocycles. The maximum Gasteiger partial charge on any atom is 0.354 e. The lowest BCUT2D eigenvalue weighted by Gasteiger charge is -2.24. The minimum Gasteiger partial charge on any atom is -0.464 e. The van der Waals surface area contributed by atoms with E-state index in [1.165, 1.54) is 12.0 Å². The molecule has 0 unspecified atom stereocenters. The van der Waals surface area contributed by atoms with Crippen LogP contribution in [0.4, 0.5) is 0 Å². The van der Waals surface area contributed by atoms with Gasteiger partial charge in [0.1, 0.15) is 5.69 Å². The van der Waals surface area contributed by atoms with Crippen molar-refractivity contribution < 1.29 is 28.6 Å². The molecule has 0 bridgehead atoms. The molecule has 0 spiro atoms. The number of ether oxygens (including phenoxy) is 3. The van der Waals surface area contributed by atoms with E-state index in [1.807, 2.05) is 13.8 Å². The molecule has 8 heteroatoms. The molecule has 31 heavy (non-hydrogen) atoms. The van der Waals surface area contributed by atoms with E-state index in [9.17, 15) is 14.4 Å². The average Bonchev–Trinajstić information content (AvgIpc) is 3.28. The Hall–Kier alpha value is -3.29. The quantitative estimate of drug-likeness (QED) is 0.497. The Morgan fingerprint density at radius 3 is 2.48 bits per heavy atom. The second-order valence-corrected chi connectivity index (χ2v) is 8.06. The lowest BCUT2D eigenvalue weighted by atomic mass is 10.0. The molecule has 2 heterocycles. The smallest absolute Gasteiger partial charge is 0.354 e. The van der Waals surface area contributed by atoms with Crippen molar-refractivity contribution in [1.82, 2.24) is 9.47 Å². The Morgan fingerprint density at radius 2 is 1.84 bits per heavy atom. The molecule has 0 saturated carbocycles. The summed E-state index contributed by atoms with van der Waals surface area (Å²) in [6.45, 7) is 7.90. The lowest BCUT2D eigenvalue weighted by Crippen LogP contribution is -2.38. The number of carbonyl (C=O) groups excluding carboxylic acids is 3. The van der Waals surface area contributed by atoms with Crippen LogP contribution >= 0.6 is 0 Å². The van der Waals surface area contributed by atoms with Gasteiger partial charge >= 0.3 is 5.97 Å². The van der Waals surface area contributed by atoms with Gasteiger partial charge in [0.05, 0.1) is 13.7 Å². The van der Waals surface area contributed by atoms with Crippen LogP contribution in [0, 0.1) is 19.8 Å². The Kier molecular flexibility index (Phi) is 6.38. The zero-order chi connectivity index (χ0) is 22.9. The first-order valence-corrected chi connectivity index (χ1v) is 10.1. The van der Waals surface area contributed by atoms with Crippen LogP contribution in [0.1, 0.15) is 56.3 Å². The number of fused-ring (bicyclic) bond motifs is 1. The number of hydrogen-bond donors (Lipinski definition) is 0. The number of methoxy groups -OCH3 is 1. The number of ketones is 1. The number of rotatable bonds is 7. The van der Waals surface area contributed by atoms with E-state index in [0.717, 1.165) is 0 Å². The highest BCUT2D eigenvalue weighted by Crippen LogP contribution is 2.33. The fourth-order valence-corrected chi connectivity index (χ4v) is 3.90. The van der Waals surface area contributed by atoms with Crippen LogP contribution in [0.3, 0.4) is 0 Å². The molecule has 0 N–H and O–H groups in total. The molecule has 1 aromatic carbocycles. The van der Waals surface area contributed by atoms with Crippen LogP contribution in [0.25, 0.3) is 0 Å². The number of esters is 1. The van der Waals surface area contributed by atoms with Gasteiger partial charge in [0.15, 0.2) is 17.3 Å². The SMILES string of the molecule is COC(=O)c1c(C)c(C(=O)CN(CC(C)C)C(=O)c2ccc3c(c2)OCO3)c(C)n1C. The molecule has 8 nitrogen and oxygen atoms in total. The van der Waals surface area contributed by atoms with Gasteiger partial charge in [0, 0.05) is 30.4 Å². The number of amides is 1. The molecule has 2 aromatic rings. The molecule has 1 aromatic heterocycles. The first-order valence-electron chi connectivity index (χ1n) is 10.1. The third-order valence-electron chi connectivity index (χ3n) is 5.41. The third kappa shape index (κ3) is 4.28. The predicted octanol–water partition coefficient (Wildman–Crippen LogP) is 3.14. The van der Waals surface area contributed by atoms with Gasteiger partial charge in [-0.2, -0.15) is 0 Å². The van der Waals surface area contributed by atoms with E-state index in [-0.39, 0.29) is 30.9 Å². The molecule has 0 fully saturated rings. The molecule has 1 amide bonds. The van der Waals surface area contributed by atoms with Crippen molar-refractivity contribution in [1.29, 1.82) is 0 Å². The first kappa shape index (κ1) is 22.4. The van der Waals surface area contributed by atoms with Crippen molar-refractivity contribution >= 4 is 17.7 Å². The highest BCUT2D eigenvalue weighted by molar-refractivity contribution is 6.06. The zero-order valence-corrected chi connectivity index (χ0v) is 18.8. The van der Waals surface area contributed by atoms with Gasteiger partial charge in [-0.15, -0.1) is 0 Å². The molecule has 3 rings (SSSR count). The monoisotopic (exact) mass is 428 g/mol. The van der Waals surface area contributed by atoms with Crippen molar-refractivity contribution in [2.45, 2.75) is 27.7 Å². The number of hydrogen-bond acceptors (Lipinski definition) is 6. The topological polar surface area (TPSA) is 87.1 Å². The van der Waals surface area contributed by atoms with Gasteiger partial charge in [-0.1, -0.05) is 13.8 Å². The summed E-state index contributed by atoms with van der Waals surface area (Å²) in [5.74, 6) is 0.273. The van der Waals surface area contributed by atoms with Crippen LogP contribution in [0.5, 0.6) is 11.5 Å². The van der Waals surface area contributed by atoms with Crippen LogP contribution < -0.4 is 9.47 Å². The Morgan fingerprint density at radius 1 is 1.16 bits per heavy atom. The third-order valence-corrected chi connectivity index (χ3v) is 5.41. The van der Waals surface area contributed by atoms with Crippen molar-refractivity contribution in [3.05, 3.63) is 46.3 Å². The average molecular weight is 428 g/mol. The minimum absolute atomic E-state index is 0.0994. The summed E-state index contributed by atoms with van der Waals surface area (Å²) in [6, 6.07) is 5.00. The van der Waals surface area contributed by atoms with E-state index >= 15 is 0 Å². The lowest BCUT2D eigenvalue weighted by molar-refractivity contribution is 0.0588. The zero-order valence-electron chi connectivity index (χ0n) is 18.8. The molecule has 0 atom stereocenters. The molecule has 0 radical (unpaired) electrons. The van der Waals surface area contributed by atoms with Gasteiger partial charge in [-0.05, 0) is 43.5 Å². The number of nitrogens with zero attached hydrogens (tertiary/aromatic N) is 2. The molecular formula is C23H28N2O6. The van der Waals surface area contributed by atoms with E-state index in [4.69, 9.17) is 14.2 Å². The highest BCUT2D eigenvalue weighted by Gasteiger charge is 2.28. The normalized spacial score (nSPS) is 12.2. The van der Waals surface area contributed by atoms with E-state index < -0.39 is 5.97 Å². The Bertz CT molecular complexity index is 1040. The van der Waals surface area contributed by atoms with Crippen LogP contribution in [-0.4, -0.2) is 54.1 Å². The van der Waals surface area contributed by atoms with Gasteiger partial charge in [-0.3, -0.25) is 9.59 Å². The fourth-order valence-electron chi connectivity index (χ4n) is 3.90. The van der Waals surface area contributed by atoms with Crippen molar-refractivity contribution in [3.63, 3.8) is 0 Å². The summed E-state index contributed by atoms with van der Waals surface area (Å²) in [6.07, 6.45) is 0. The summed E-state index contributed by atoms with van der Waals surface area (Å²) < 4.78 is 17.2. The number of carbonyl (C=O) groups is 3. The van der Waals surface area contributed by atoms with E-state index in [1.54, 1.807) is 43.7 Å². The fraction of sp³-hybridized carbons (Fsp3) is 0.435. The van der Waals surface area contributed by atoms with Crippen LogP contribution in [0.15, 0.2) is 18.2 Å². The van der Waals surface area contributed by atoms with Gasteiger partial charge < -0.3 is 23.7 Å². The summed E-state index contributed by atoms with van der Waals surface area (Å²) in [5, 5.41) is 0. The second kappa shape index (κ2) is 8.83. The molecule has 166 valence electrons. The summed E-state index contributed by atoms with van der Waals surface area (Å²) >= 11 is 0. The summed E-state index contributed by atoms with van der Waals surface area (Å²) in [7, 11) is 3.02. The maximum absolute atomic E-state index is 13.3. The second-order valence-electron chi connectivity index (χ2n) is 8.06. The number of aromatic nitrogens is 1. The van der Waals surface area contributed by atoms with Crippen molar-refractivity contribution in [2.24, 2.45) is 13.0 Å². The van der Waals surface area contributed by atoms with Crippen molar-refractivity contribution in [2.75, 3.05) is 27.0 Å². The molecule has 0 saturated heterocycles. The molecule has 0 aliphatic carbocycles. The predicted molar refractivity (Wildman–Crippen MR) is 114 cm³/mol. The van der Waals surface area contributed by atoms with Gasteiger partial charge in [-0.25, -0.2) is 4.79 Å². The largest absolute Gasteiger partial charge is 0.464 e.